The Balaban J connectivity index is 2.70. The quantitative estimate of drug-likeness (QED) is 0.520. The Kier molecular flexibility index (Phi) is 6.37. The Morgan fingerprint density at radius 3 is 2.41 bits per heavy atom. The lowest BCUT2D eigenvalue weighted by Crippen LogP contribution is -2.41. The van der Waals surface area contributed by atoms with E-state index in [1.54, 1.807) is 6.92 Å². The van der Waals surface area contributed by atoms with E-state index in [1.165, 1.54) is 24.3 Å². The van der Waals surface area contributed by atoms with E-state index in [9.17, 15) is 18.0 Å². The molecule has 0 spiro atoms. The van der Waals surface area contributed by atoms with Crippen LogP contribution in [0, 0.1) is 12.3 Å². The first kappa shape index (κ1) is 17.5. The van der Waals surface area contributed by atoms with Crippen LogP contribution in [-0.4, -0.2) is 33.6 Å². The van der Waals surface area contributed by atoms with Gasteiger partial charge in [-0.15, -0.1) is 6.42 Å². The van der Waals surface area contributed by atoms with Crippen LogP contribution in [-0.2, 0) is 14.8 Å². The van der Waals surface area contributed by atoms with Crippen molar-refractivity contribution in [2.24, 2.45) is 0 Å². The fourth-order valence-corrected chi connectivity index (χ4v) is 2.29. The smallest absolute Gasteiger partial charge is 0.426 e. The minimum absolute atomic E-state index is 0.0300. The van der Waals surface area contributed by atoms with Crippen molar-refractivity contribution in [2.75, 3.05) is 13.2 Å². The Labute approximate surface area is 128 Å². The van der Waals surface area contributed by atoms with Crippen LogP contribution in [0.15, 0.2) is 29.2 Å². The van der Waals surface area contributed by atoms with Crippen LogP contribution in [0.3, 0.4) is 0 Å². The highest BCUT2D eigenvalue weighted by molar-refractivity contribution is 7.89. The van der Waals surface area contributed by atoms with Gasteiger partial charge in [0.1, 0.15) is 0 Å². The van der Waals surface area contributed by atoms with E-state index in [0.717, 1.165) is 0 Å². The maximum absolute atomic E-state index is 11.8. The van der Waals surface area contributed by atoms with E-state index >= 15 is 0 Å². The second-order valence-corrected chi connectivity index (χ2v) is 5.62. The van der Waals surface area contributed by atoms with Crippen molar-refractivity contribution in [1.29, 1.82) is 0 Å². The first-order valence-corrected chi connectivity index (χ1v) is 7.65. The van der Waals surface area contributed by atoms with Crippen molar-refractivity contribution in [3.63, 3.8) is 0 Å². The summed E-state index contributed by atoms with van der Waals surface area (Å²) in [6.07, 6.45) is 4.18. The fourth-order valence-electron chi connectivity index (χ4n) is 1.35. The standard InChI is InChI=1S/C13H15N3O5S/c1-3-9-14-22(19,20)11-7-5-10(6-8-11)12(17)15-16-13(18)21-4-2/h1,5-8,14H,4,9H2,2H3,(H,15,17)(H,16,18). The summed E-state index contributed by atoms with van der Waals surface area (Å²) in [6, 6.07) is 5.09. The van der Waals surface area contributed by atoms with E-state index in [0.29, 0.717) is 0 Å². The molecule has 118 valence electrons. The number of hydrogen-bond acceptors (Lipinski definition) is 5. The van der Waals surface area contributed by atoms with Gasteiger partial charge in [-0.1, -0.05) is 5.92 Å². The molecule has 0 saturated heterocycles. The highest BCUT2D eigenvalue weighted by atomic mass is 32.2. The lowest BCUT2D eigenvalue weighted by molar-refractivity contribution is 0.0912. The zero-order chi connectivity index (χ0) is 16.6. The first-order chi connectivity index (χ1) is 10.4. The fraction of sp³-hybridized carbons (Fsp3) is 0.231. The number of benzene rings is 1. The number of amides is 2. The molecule has 0 fully saturated rings. The number of hydrazine groups is 1. The molecule has 8 nitrogen and oxygen atoms in total. The predicted molar refractivity (Wildman–Crippen MR) is 78.1 cm³/mol. The molecule has 22 heavy (non-hydrogen) atoms. The van der Waals surface area contributed by atoms with Gasteiger partial charge in [-0.3, -0.25) is 10.2 Å². The highest BCUT2D eigenvalue weighted by Crippen LogP contribution is 2.10. The van der Waals surface area contributed by atoms with Crippen LogP contribution < -0.4 is 15.6 Å². The molecule has 0 unspecified atom stereocenters. The summed E-state index contributed by atoms with van der Waals surface area (Å²) < 4.78 is 30.3. The average molecular weight is 325 g/mol. The Morgan fingerprint density at radius 1 is 1.23 bits per heavy atom. The number of rotatable bonds is 5. The summed E-state index contributed by atoms with van der Waals surface area (Å²) in [4.78, 5) is 22.7. The minimum atomic E-state index is -3.71. The monoisotopic (exact) mass is 325 g/mol. The van der Waals surface area contributed by atoms with Crippen molar-refractivity contribution in [3.05, 3.63) is 29.8 Å². The van der Waals surface area contributed by atoms with Crippen molar-refractivity contribution in [3.8, 4) is 12.3 Å². The molecule has 1 aromatic carbocycles. The van der Waals surface area contributed by atoms with E-state index in [1.807, 2.05) is 5.43 Å². The molecule has 0 heterocycles. The molecule has 1 rings (SSSR count). The van der Waals surface area contributed by atoms with E-state index in [2.05, 4.69) is 20.8 Å². The minimum Gasteiger partial charge on any atom is -0.449 e. The first-order valence-electron chi connectivity index (χ1n) is 6.17. The molecule has 1 aromatic rings. The molecule has 0 radical (unpaired) electrons. The van der Waals surface area contributed by atoms with Crippen molar-refractivity contribution < 1.29 is 22.7 Å². The van der Waals surface area contributed by atoms with Gasteiger partial charge in [0.25, 0.3) is 5.91 Å². The van der Waals surface area contributed by atoms with Gasteiger partial charge in [0.15, 0.2) is 0 Å². The average Bonchev–Trinajstić information content (AvgIpc) is 2.51. The van der Waals surface area contributed by atoms with Crippen LogP contribution >= 0.6 is 0 Å². The summed E-state index contributed by atoms with van der Waals surface area (Å²) in [5, 5.41) is 0. The molecule has 0 atom stereocenters. The van der Waals surface area contributed by atoms with Crippen molar-refractivity contribution in [2.45, 2.75) is 11.8 Å². The van der Waals surface area contributed by atoms with Gasteiger partial charge in [-0.2, -0.15) is 4.72 Å². The van der Waals surface area contributed by atoms with Crippen LogP contribution in [0.25, 0.3) is 0 Å². The Bertz CT molecular complexity index is 677. The number of ether oxygens (including phenoxy) is 1. The lowest BCUT2D eigenvalue weighted by atomic mass is 10.2. The second-order valence-electron chi connectivity index (χ2n) is 3.85. The second kappa shape index (κ2) is 8.02. The molecular formula is C13H15N3O5S. The van der Waals surface area contributed by atoms with Gasteiger partial charge in [0.2, 0.25) is 10.0 Å². The number of terminal acetylenes is 1. The largest absolute Gasteiger partial charge is 0.449 e. The summed E-state index contributed by atoms with van der Waals surface area (Å²) in [5.41, 5.74) is 4.32. The Hall–Kier alpha value is -2.57. The maximum atomic E-state index is 11.8. The molecule has 2 amide bonds. The van der Waals surface area contributed by atoms with Gasteiger partial charge in [0, 0.05) is 5.56 Å². The molecule has 9 heteroatoms. The third-order valence-electron chi connectivity index (χ3n) is 2.34. The summed E-state index contributed by atoms with van der Waals surface area (Å²) in [6.45, 7) is 1.65. The van der Waals surface area contributed by atoms with Gasteiger partial charge < -0.3 is 4.74 Å². The summed E-state index contributed by atoms with van der Waals surface area (Å²) >= 11 is 0. The molecule has 0 aromatic heterocycles. The van der Waals surface area contributed by atoms with E-state index < -0.39 is 22.0 Å². The molecule has 0 bridgehead atoms. The third-order valence-corrected chi connectivity index (χ3v) is 3.76. The Morgan fingerprint density at radius 2 is 1.86 bits per heavy atom. The van der Waals surface area contributed by atoms with Gasteiger partial charge in [-0.05, 0) is 31.2 Å². The van der Waals surface area contributed by atoms with Crippen LogP contribution in [0.5, 0.6) is 0 Å². The van der Waals surface area contributed by atoms with Crippen molar-refractivity contribution >= 4 is 22.0 Å². The number of carbonyl (C=O) groups excluding carboxylic acids is 2. The van der Waals surface area contributed by atoms with Crippen LogP contribution in [0.2, 0.25) is 0 Å². The highest BCUT2D eigenvalue weighted by Gasteiger charge is 2.14. The topological polar surface area (TPSA) is 114 Å². The number of hydrogen-bond donors (Lipinski definition) is 3. The normalized spacial score (nSPS) is 10.4. The van der Waals surface area contributed by atoms with Crippen LogP contribution in [0.1, 0.15) is 17.3 Å². The van der Waals surface area contributed by atoms with Gasteiger partial charge in [-0.25, -0.2) is 18.6 Å². The summed E-state index contributed by atoms with van der Waals surface area (Å²) in [7, 11) is -3.71. The molecule has 0 aliphatic rings. The van der Waals surface area contributed by atoms with E-state index in [-0.39, 0.29) is 23.6 Å². The van der Waals surface area contributed by atoms with E-state index in [4.69, 9.17) is 6.42 Å². The zero-order valence-corrected chi connectivity index (χ0v) is 12.6. The molecule has 0 aliphatic carbocycles. The summed E-state index contributed by atoms with van der Waals surface area (Å²) in [5.74, 6) is 1.54. The number of carbonyl (C=O) groups is 2. The SMILES string of the molecule is C#CCNS(=O)(=O)c1ccc(C(=O)NNC(=O)OCC)cc1. The van der Waals surface area contributed by atoms with Crippen molar-refractivity contribution in [1.82, 2.24) is 15.6 Å². The lowest BCUT2D eigenvalue weighted by Gasteiger charge is -2.08. The van der Waals surface area contributed by atoms with Gasteiger partial charge in [0.05, 0.1) is 18.0 Å². The van der Waals surface area contributed by atoms with Crippen LogP contribution in [0.4, 0.5) is 4.79 Å². The zero-order valence-electron chi connectivity index (χ0n) is 11.8. The number of nitrogens with one attached hydrogen (secondary N) is 3. The molecule has 0 aliphatic heterocycles. The van der Waals surface area contributed by atoms with Gasteiger partial charge >= 0.3 is 6.09 Å². The third kappa shape index (κ3) is 5.08. The maximum Gasteiger partial charge on any atom is 0.426 e. The molecule has 0 saturated carbocycles. The molecule has 3 N–H and O–H groups in total. The predicted octanol–water partition coefficient (Wildman–Crippen LogP) is -0.0110. The molecular weight excluding hydrogens is 310 g/mol. The number of sulfonamides is 1.